The molecule has 0 unspecified atom stereocenters. The Balaban J connectivity index is 1.45. The van der Waals surface area contributed by atoms with Crippen molar-refractivity contribution in [3.8, 4) is 22.3 Å². The van der Waals surface area contributed by atoms with E-state index in [0.717, 1.165) is 40.6 Å². The fourth-order valence-corrected chi connectivity index (χ4v) is 6.47. The van der Waals surface area contributed by atoms with Crippen molar-refractivity contribution in [1.82, 2.24) is 19.4 Å². The Kier molecular flexibility index (Phi) is 3.11. The van der Waals surface area contributed by atoms with Crippen LogP contribution in [0.2, 0.25) is 0 Å². The fourth-order valence-electron chi connectivity index (χ4n) is 6.47. The van der Waals surface area contributed by atoms with Crippen molar-refractivity contribution in [2.45, 2.75) is 12.8 Å². The molecule has 4 heteroatoms. The molecule has 2 aliphatic carbocycles. The van der Waals surface area contributed by atoms with Gasteiger partial charge in [0.15, 0.2) is 0 Å². The van der Waals surface area contributed by atoms with E-state index < -0.39 is 0 Å². The summed E-state index contributed by atoms with van der Waals surface area (Å²) >= 11 is 0. The lowest BCUT2D eigenvalue weighted by atomic mass is 9.94. The average molecular weight is 447 g/mol. The topological polar surface area (TPSA) is 43.1 Å². The van der Waals surface area contributed by atoms with E-state index in [2.05, 4.69) is 64.0 Å². The third-order valence-corrected chi connectivity index (χ3v) is 7.93. The molecule has 0 aliphatic heterocycles. The molecule has 0 bridgehead atoms. The van der Waals surface area contributed by atoms with Crippen LogP contribution in [-0.2, 0) is 12.8 Å². The summed E-state index contributed by atoms with van der Waals surface area (Å²) in [6, 6.07) is 24.5. The summed E-state index contributed by atoms with van der Waals surface area (Å²) in [5.74, 6) is 0. The second-order valence-corrected chi connectivity index (χ2v) is 9.71. The number of fused-ring (bicyclic) bond motifs is 15. The van der Waals surface area contributed by atoms with E-state index in [1.165, 1.54) is 55.3 Å². The second-order valence-electron chi connectivity index (χ2n) is 9.71. The number of nitrogens with zero attached hydrogens (tertiary/aromatic N) is 4. The Morgan fingerprint density at radius 2 is 1.54 bits per heavy atom. The highest BCUT2D eigenvalue weighted by Gasteiger charge is 2.28. The molecule has 2 aliphatic rings. The Hall–Kier alpha value is -4.57. The molecule has 35 heavy (non-hydrogen) atoms. The van der Waals surface area contributed by atoms with E-state index in [-0.39, 0.29) is 0 Å². The van der Waals surface area contributed by atoms with Gasteiger partial charge in [0.05, 0.1) is 11.7 Å². The van der Waals surface area contributed by atoms with Crippen LogP contribution in [0.25, 0.3) is 60.7 Å². The third-order valence-electron chi connectivity index (χ3n) is 7.93. The summed E-state index contributed by atoms with van der Waals surface area (Å²) in [6.45, 7) is 0. The summed E-state index contributed by atoms with van der Waals surface area (Å²) in [5.41, 5.74) is 14.9. The lowest BCUT2D eigenvalue weighted by Gasteiger charge is -2.13. The molecule has 4 aromatic heterocycles. The molecule has 0 amide bonds. The van der Waals surface area contributed by atoms with E-state index >= 15 is 0 Å². The van der Waals surface area contributed by atoms with Gasteiger partial charge in [-0.05, 0) is 93.1 Å². The standard InChI is InChI=1S/C31H18N4/c1-2-5-21-17(4-1)12-19-15-25-20(14-24(19)21)13-18-7-8-22-23-6-3-10-33-30(23)35-27-9-11-32-16-26(27)34-31(35)29(22)28(18)25/h1-11,14-16H,12-13H2. The minimum atomic E-state index is 0.896. The summed E-state index contributed by atoms with van der Waals surface area (Å²) in [5, 5.41) is 3.57. The third kappa shape index (κ3) is 2.15. The van der Waals surface area contributed by atoms with Gasteiger partial charge in [-0.15, -0.1) is 0 Å². The molecule has 0 fully saturated rings. The highest BCUT2D eigenvalue weighted by atomic mass is 15.1. The van der Waals surface area contributed by atoms with Crippen molar-refractivity contribution in [3.05, 3.63) is 108 Å². The minimum absolute atomic E-state index is 0.896. The molecule has 7 aromatic rings. The number of hydrogen-bond acceptors (Lipinski definition) is 3. The lowest BCUT2D eigenvalue weighted by molar-refractivity contribution is 1.23. The van der Waals surface area contributed by atoms with Crippen LogP contribution in [0.5, 0.6) is 0 Å². The maximum Gasteiger partial charge on any atom is 0.148 e. The highest BCUT2D eigenvalue weighted by molar-refractivity contribution is 6.19. The zero-order valence-corrected chi connectivity index (χ0v) is 18.8. The maximum atomic E-state index is 5.11. The Morgan fingerprint density at radius 3 is 2.54 bits per heavy atom. The molecule has 0 N–H and O–H groups in total. The van der Waals surface area contributed by atoms with Crippen LogP contribution in [0, 0.1) is 0 Å². The summed E-state index contributed by atoms with van der Waals surface area (Å²) in [6.07, 6.45) is 7.50. The molecule has 3 aromatic carbocycles. The van der Waals surface area contributed by atoms with Gasteiger partial charge in [-0.25, -0.2) is 9.97 Å². The molecule has 4 nitrogen and oxygen atoms in total. The van der Waals surface area contributed by atoms with Crippen LogP contribution < -0.4 is 0 Å². The fraction of sp³-hybridized carbons (Fsp3) is 0.0645. The molecule has 0 saturated carbocycles. The monoisotopic (exact) mass is 446 g/mol. The van der Waals surface area contributed by atoms with Gasteiger partial charge in [-0.3, -0.25) is 9.38 Å². The average Bonchev–Trinajstić information content (AvgIpc) is 3.58. The van der Waals surface area contributed by atoms with Gasteiger partial charge in [0, 0.05) is 23.2 Å². The summed E-state index contributed by atoms with van der Waals surface area (Å²) < 4.78 is 2.22. The van der Waals surface area contributed by atoms with Crippen LogP contribution in [0.15, 0.2) is 85.3 Å². The Bertz CT molecular complexity index is 2070. The SMILES string of the molecule is c1ccc2c(c1)Cc1cc3c(cc1-2)Cc1ccc2c4cccnc4n4c5ccncc5nc4c2c1-3. The van der Waals surface area contributed by atoms with Crippen molar-refractivity contribution < 1.29 is 0 Å². The van der Waals surface area contributed by atoms with Crippen molar-refractivity contribution in [2.24, 2.45) is 0 Å². The number of aromatic nitrogens is 4. The van der Waals surface area contributed by atoms with Gasteiger partial charge in [0.2, 0.25) is 0 Å². The molecule has 9 rings (SSSR count). The predicted octanol–water partition coefficient (Wildman–Crippen LogP) is 6.73. The largest absolute Gasteiger partial charge is 0.276 e. The smallest absolute Gasteiger partial charge is 0.148 e. The molecule has 0 radical (unpaired) electrons. The molecule has 0 atom stereocenters. The van der Waals surface area contributed by atoms with Gasteiger partial charge in [0.25, 0.3) is 0 Å². The first-order valence-corrected chi connectivity index (χ1v) is 12.0. The van der Waals surface area contributed by atoms with E-state index in [4.69, 9.17) is 9.97 Å². The van der Waals surface area contributed by atoms with Crippen LogP contribution in [0.3, 0.4) is 0 Å². The first-order valence-electron chi connectivity index (χ1n) is 12.0. The number of hydrogen-bond donors (Lipinski definition) is 0. The Morgan fingerprint density at radius 1 is 0.657 bits per heavy atom. The zero-order valence-electron chi connectivity index (χ0n) is 18.8. The number of imidazole rings is 1. The van der Waals surface area contributed by atoms with Crippen molar-refractivity contribution >= 4 is 38.5 Å². The van der Waals surface area contributed by atoms with Crippen molar-refractivity contribution in [2.75, 3.05) is 0 Å². The van der Waals surface area contributed by atoms with Crippen LogP contribution in [-0.4, -0.2) is 19.4 Å². The first kappa shape index (κ1) is 17.8. The van der Waals surface area contributed by atoms with E-state index in [1.807, 2.05) is 30.7 Å². The first-order chi connectivity index (χ1) is 17.3. The minimum Gasteiger partial charge on any atom is -0.276 e. The molecule has 0 spiro atoms. The van der Waals surface area contributed by atoms with Crippen molar-refractivity contribution in [3.63, 3.8) is 0 Å². The molecular weight excluding hydrogens is 428 g/mol. The van der Waals surface area contributed by atoms with Gasteiger partial charge in [-0.1, -0.05) is 36.4 Å². The highest BCUT2D eigenvalue weighted by Crippen LogP contribution is 2.48. The quantitative estimate of drug-likeness (QED) is 0.243. The van der Waals surface area contributed by atoms with Gasteiger partial charge in [0.1, 0.15) is 16.8 Å². The van der Waals surface area contributed by atoms with Gasteiger partial charge < -0.3 is 0 Å². The van der Waals surface area contributed by atoms with Gasteiger partial charge in [-0.2, -0.15) is 0 Å². The maximum absolute atomic E-state index is 5.11. The van der Waals surface area contributed by atoms with Crippen LogP contribution in [0.4, 0.5) is 0 Å². The predicted molar refractivity (Wildman–Crippen MR) is 140 cm³/mol. The molecule has 4 heterocycles. The van der Waals surface area contributed by atoms with E-state index in [0.29, 0.717) is 0 Å². The normalized spacial score (nSPS) is 13.5. The number of rotatable bonds is 0. The van der Waals surface area contributed by atoms with Gasteiger partial charge >= 0.3 is 0 Å². The van der Waals surface area contributed by atoms with Crippen LogP contribution in [0.1, 0.15) is 22.3 Å². The number of pyridine rings is 3. The zero-order chi connectivity index (χ0) is 22.7. The second kappa shape index (κ2) is 6.10. The molecular formula is C31H18N4. The summed E-state index contributed by atoms with van der Waals surface area (Å²) in [7, 11) is 0. The van der Waals surface area contributed by atoms with E-state index in [1.54, 1.807) is 0 Å². The van der Waals surface area contributed by atoms with Crippen molar-refractivity contribution in [1.29, 1.82) is 0 Å². The molecule has 162 valence electrons. The summed E-state index contributed by atoms with van der Waals surface area (Å²) in [4.78, 5) is 14.2. The molecule has 0 saturated heterocycles. The van der Waals surface area contributed by atoms with Crippen LogP contribution >= 0.6 is 0 Å². The lowest BCUT2D eigenvalue weighted by Crippen LogP contribution is -1.96. The number of benzene rings is 3. The Labute approximate surface area is 200 Å². The van der Waals surface area contributed by atoms with E-state index in [9.17, 15) is 0 Å².